The highest BCUT2D eigenvalue weighted by molar-refractivity contribution is 5.76. The van der Waals surface area contributed by atoms with Crippen LogP contribution in [0.2, 0.25) is 0 Å². The van der Waals surface area contributed by atoms with E-state index in [4.69, 9.17) is 0 Å². The Morgan fingerprint density at radius 2 is 1.63 bits per heavy atom. The molecule has 1 N–H and O–H groups in total. The normalized spacial score (nSPS) is 24.6. The van der Waals surface area contributed by atoms with E-state index in [0.29, 0.717) is 6.54 Å². The summed E-state index contributed by atoms with van der Waals surface area (Å²) in [7, 11) is 0. The molecule has 5 heteroatoms. The number of hydrogen-bond donors (Lipinski definition) is 1. The van der Waals surface area contributed by atoms with E-state index in [1.54, 1.807) is 13.8 Å². The molecule has 108 valence electrons. The maximum Gasteiger partial charge on any atom is 0.320 e. The van der Waals surface area contributed by atoms with Crippen LogP contribution >= 0.6 is 0 Å². The fraction of sp³-hybridized carbons (Fsp3) is 0.857. The van der Waals surface area contributed by atoms with Crippen molar-refractivity contribution in [2.45, 2.75) is 39.5 Å². The summed E-state index contributed by atoms with van der Waals surface area (Å²) in [4.78, 5) is 27.4. The minimum absolute atomic E-state index is 0.0466. The van der Waals surface area contributed by atoms with Crippen molar-refractivity contribution in [1.29, 1.82) is 0 Å². The van der Waals surface area contributed by atoms with Gasteiger partial charge in [0, 0.05) is 26.2 Å². The molecule has 2 saturated heterocycles. The van der Waals surface area contributed by atoms with Crippen molar-refractivity contribution in [3.05, 3.63) is 0 Å². The molecule has 2 fully saturated rings. The van der Waals surface area contributed by atoms with E-state index in [9.17, 15) is 14.7 Å². The number of nitrogens with zero attached hydrogens (tertiary/aromatic N) is 2. The van der Waals surface area contributed by atoms with Crippen molar-refractivity contribution < 1.29 is 14.7 Å². The zero-order chi connectivity index (χ0) is 14.0. The molecule has 2 amide bonds. The molecule has 0 saturated carbocycles. The third-order valence-corrected chi connectivity index (χ3v) is 4.64. The molecule has 0 aromatic heterocycles. The Kier molecular flexibility index (Phi) is 4.02. The van der Waals surface area contributed by atoms with Gasteiger partial charge in [-0.1, -0.05) is 0 Å². The van der Waals surface area contributed by atoms with Crippen LogP contribution in [-0.2, 0) is 4.79 Å². The molecule has 19 heavy (non-hydrogen) atoms. The molecule has 1 unspecified atom stereocenters. The Morgan fingerprint density at radius 3 is 2.21 bits per heavy atom. The van der Waals surface area contributed by atoms with E-state index in [1.807, 2.05) is 9.80 Å². The monoisotopic (exact) mass is 268 g/mol. The van der Waals surface area contributed by atoms with Gasteiger partial charge in [0.05, 0.1) is 5.41 Å². The first kappa shape index (κ1) is 14.2. The average molecular weight is 268 g/mol. The molecular formula is C14H24N2O3. The van der Waals surface area contributed by atoms with E-state index in [2.05, 4.69) is 0 Å². The van der Waals surface area contributed by atoms with Gasteiger partial charge in [-0.2, -0.15) is 0 Å². The van der Waals surface area contributed by atoms with Gasteiger partial charge in [0.2, 0.25) is 0 Å². The molecule has 2 rings (SSSR count). The van der Waals surface area contributed by atoms with Crippen molar-refractivity contribution in [2.75, 3.05) is 26.2 Å². The molecular weight excluding hydrogens is 244 g/mol. The number of carboxylic acid groups (broad SMARTS) is 1. The lowest BCUT2D eigenvalue weighted by Crippen LogP contribution is -2.50. The highest BCUT2D eigenvalue weighted by Gasteiger charge is 2.40. The summed E-state index contributed by atoms with van der Waals surface area (Å²) in [6.45, 7) is 6.58. The molecule has 0 aromatic carbocycles. The highest BCUT2D eigenvalue weighted by atomic mass is 16.4. The Bertz CT molecular complexity index is 362. The lowest BCUT2D eigenvalue weighted by atomic mass is 9.74. The number of piperidine rings is 1. The van der Waals surface area contributed by atoms with Crippen LogP contribution in [0.15, 0.2) is 0 Å². The Labute approximate surface area is 114 Å². The van der Waals surface area contributed by atoms with Crippen molar-refractivity contribution in [3.63, 3.8) is 0 Å². The van der Waals surface area contributed by atoms with Crippen molar-refractivity contribution >= 4 is 12.0 Å². The Morgan fingerprint density at radius 1 is 1.05 bits per heavy atom. The van der Waals surface area contributed by atoms with E-state index < -0.39 is 11.4 Å². The third kappa shape index (κ3) is 2.85. The molecule has 5 nitrogen and oxygen atoms in total. The van der Waals surface area contributed by atoms with Gasteiger partial charge in [-0.05, 0) is 45.4 Å². The van der Waals surface area contributed by atoms with Crippen LogP contribution in [0.5, 0.6) is 0 Å². The quantitative estimate of drug-likeness (QED) is 0.833. The van der Waals surface area contributed by atoms with Crippen LogP contribution in [0.3, 0.4) is 0 Å². The van der Waals surface area contributed by atoms with Gasteiger partial charge in [0.15, 0.2) is 0 Å². The summed E-state index contributed by atoms with van der Waals surface area (Å²) >= 11 is 0. The molecule has 0 aromatic rings. The Hall–Kier alpha value is -1.26. The fourth-order valence-electron chi connectivity index (χ4n) is 3.02. The second-order valence-electron chi connectivity index (χ2n) is 6.29. The number of rotatable bonds is 2. The Balaban J connectivity index is 2.00. The van der Waals surface area contributed by atoms with Crippen LogP contribution in [0.1, 0.15) is 39.5 Å². The number of hydrogen-bond acceptors (Lipinski definition) is 2. The molecule has 0 spiro atoms. The summed E-state index contributed by atoms with van der Waals surface area (Å²) in [6, 6.07) is 0.100. The van der Waals surface area contributed by atoms with Gasteiger partial charge in [-0.3, -0.25) is 4.79 Å². The second kappa shape index (κ2) is 5.39. The van der Waals surface area contributed by atoms with Crippen molar-refractivity contribution in [1.82, 2.24) is 9.80 Å². The van der Waals surface area contributed by atoms with E-state index in [-0.39, 0.29) is 11.9 Å². The van der Waals surface area contributed by atoms with E-state index in [1.165, 1.54) is 0 Å². The number of carboxylic acids is 1. The fourth-order valence-corrected chi connectivity index (χ4v) is 3.02. The summed E-state index contributed by atoms with van der Waals surface area (Å²) < 4.78 is 0. The predicted octanol–water partition coefficient (Wildman–Crippen LogP) is 2.03. The first-order valence-electron chi connectivity index (χ1n) is 7.20. The maximum atomic E-state index is 12.3. The summed E-state index contributed by atoms with van der Waals surface area (Å²) in [5, 5.41) is 9.32. The number of carbonyl (C=O) groups is 2. The van der Waals surface area contributed by atoms with E-state index >= 15 is 0 Å². The molecule has 2 aliphatic heterocycles. The van der Waals surface area contributed by atoms with Gasteiger partial charge >= 0.3 is 12.0 Å². The predicted molar refractivity (Wildman–Crippen MR) is 71.9 cm³/mol. The van der Waals surface area contributed by atoms with Gasteiger partial charge in [-0.25, -0.2) is 4.79 Å². The third-order valence-electron chi connectivity index (χ3n) is 4.64. The number of urea groups is 1. The topological polar surface area (TPSA) is 60.9 Å². The number of aliphatic carboxylic acids is 1. The summed E-state index contributed by atoms with van der Waals surface area (Å²) in [5.74, 6) is -0.724. The molecule has 1 atom stereocenters. The van der Waals surface area contributed by atoms with Crippen molar-refractivity contribution in [3.8, 4) is 0 Å². The van der Waals surface area contributed by atoms with Crippen LogP contribution in [-0.4, -0.2) is 53.1 Å². The molecule has 0 aliphatic carbocycles. The van der Waals surface area contributed by atoms with Gasteiger partial charge in [0.1, 0.15) is 0 Å². The second-order valence-corrected chi connectivity index (χ2v) is 6.29. The highest BCUT2D eigenvalue weighted by Crippen LogP contribution is 2.34. The molecule has 2 heterocycles. The first-order chi connectivity index (χ1) is 8.93. The molecule has 0 bridgehead atoms. The minimum Gasteiger partial charge on any atom is -0.481 e. The van der Waals surface area contributed by atoms with Crippen LogP contribution in [0.25, 0.3) is 0 Å². The largest absolute Gasteiger partial charge is 0.481 e. The number of likely N-dealkylation sites (tertiary alicyclic amines) is 2. The van der Waals surface area contributed by atoms with Gasteiger partial charge in [-0.15, -0.1) is 0 Å². The molecule has 2 aliphatic rings. The minimum atomic E-state index is -0.770. The first-order valence-corrected chi connectivity index (χ1v) is 7.20. The lowest BCUT2D eigenvalue weighted by molar-refractivity contribution is -0.151. The van der Waals surface area contributed by atoms with Gasteiger partial charge in [0.25, 0.3) is 0 Å². The van der Waals surface area contributed by atoms with E-state index in [0.717, 1.165) is 45.3 Å². The summed E-state index contributed by atoms with van der Waals surface area (Å²) in [5.41, 5.74) is -0.760. The number of amides is 2. The summed E-state index contributed by atoms with van der Waals surface area (Å²) in [6.07, 6.45) is 3.97. The van der Waals surface area contributed by atoms with Gasteiger partial charge < -0.3 is 14.9 Å². The average Bonchev–Trinajstić information content (AvgIpc) is 2.91. The van der Waals surface area contributed by atoms with Crippen LogP contribution in [0.4, 0.5) is 4.79 Å². The number of carbonyl (C=O) groups excluding carboxylic acids is 1. The molecule has 0 radical (unpaired) electrons. The lowest BCUT2D eigenvalue weighted by Gasteiger charge is -2.40. The standard InChI is InChI=1S/C14H24N2O3/c1-14(2,12(17)18)11-6-5-9-16(10-11)13(19)15-7-3-4-8-15/h11H,3-10H2,1-2H3,(H,17,18). The van der Waals surface area contributed by atoms with Crippen LogP contribution < -0.4 is 0 Å². The maximum absolute atomic E-state index is 12.3. The zero-order valence-electron chi connectivity index (χ0n) is 11.9. The van der Waals surface area contributed by atoms with Crippen LogP contribution in [0, 0.1) is 11.3 Å². The van der Waals surface area contributed by atoms with Crippen molar-refractivity contribution in [2.24, 2.45) is 11.3 Å². The smallest absolute Gasteiger partial charge is 0.320 e. The SMILES string of the molecule is CC(C)(C(=O)O)C1CCCN(C(=O)N2CCCC2)C1. The zero-order valence-corrected chi connectivity index (χ0v) is 11.9.